The first-order chi connectivity index (χ1) is 14.1. The summed E-state index contributed by atoms with van der Waals surface area (Å²) in [7, 11) is 0. The number of carbonyl (C=O) groups is 2. The molecule has 0 unspecified atom stereocenters. The normalized spacial score (nSPS) is 11.2. The van der Waals surface area contributed by atoms with Gasteiger partial charge in [0.25, 0.3) is 5.76 Å². The van der Waals surface area contributed by atoms with Gasteiger partial charge in [-0.1, -0.05) is 18.2 Å². The number of ether oxygens (including phenoxy) is 3. The van der Waals surface area contributed by atoms with Crippen LogP contribution in [0.4, 0.5) is 13.2 Å². The standard InChI is InChI=1S/C20H13F3O7/c1-10(24)27-14-9-8-13-15(26)18(29-12-6-4-3-5-7-12)19(20(21,22)23)30-16(13)17(14)28-11(2)25/h3-9H,1-2H3. The van der Waals surface area contributed by atoms with Gasteiger partial charge in [0, 0.05) is 13.8 Å². The predicted molar refractivity (Wildman–Crippen MR) is 96.6 cm³/mol. The summed E-state index contributed by atoms with van der Waals surface area (Å²) in [5.41, 5.74) is -1.88. The molecule has 0 atom stereocenters. The maximum atomic E-state index is 13.7. The van der Waals surface area contributed by atoms with Gasteiger partial charge < -0.3 is 18.6 Å². The van der Waals surface area contributed by atoms with E-state index in [-0.39, 0.29) is 11.1 Å². The van der Waals surface area contributed by atoms with Crippen molar-refractivity contribution in [3.63, 3.8) is 0 Å². The lowest BCUT2D eigenvalue weighted by Gasteiger charge is -2.15. The number of hydrogen-bond donors (Lipinski definition) is 0. The van der Waals surface area contributed by atoms with Crippen LogP contribution in [-0.2, 0) is 15.8 Å². The van der Waals surface area contributed by atoms with E-state index in [1.54, 1.807) is 6.07 Å². The van der Waals surface area contributed by atoms with E-state index in [9.17, 15) is 27.6 Å². The first kappa shape index (κ1) is 20.9. The molecule has 1 aromatic heterocycles. The third kappa shape index (κ3) is 4.27. The summed E-state index contributed by atoms with van der Waals surface area (Å²) in [6.07, 6.45) is -5.12. The number of alkyl halides is 3. The number of fused-ring (bicyclic) bond motifs is 1. The van der Waals surface area contributed by atoms with Crippen molar-refractivity contribution in [1.29, 1.82) is 0 Å². The van der Waals surface area contributed by atoms with E-state index < -0.39 is 52.1 Å². The van der Waals surface area contributed by atoms with Crippen LogP contribution >= 0.6 is 0 Å². The van der Waals surface area contributed by atoms with Gasteiger partial charge in [0.15, 0.2) is 11.3 Å². The third-order valence-corrected chi connectivity index (χ3v) is 3.66. The first-order valence-electron chi connectivity index (χ1n) is 8.38. The quantitative estimate of drug-likeness (QED) is 0.453. The molecule has 10 heteroatoms. The maximum Gasteiger partial charge on any atom is 0.453 e. The summed E-state index contributed by atoms with van der Waals surface area (Å²) in [5.74, 6) is -5.64. The zero-order valence-corrected chi connectivity index (χ0v) is 15.5. The minimum atomic E-state index is -5.12. The fourth-order valence-electron chi connectivity index (χ4n) is 2.56. The van der Waals surface area contributed by atoms with Crippen molar-refractivity contribution < 1.29 is 41.4 Å². The van der Waals surface area contributed by atoms with Gasteiger partial charge in [-0.15, -0.1) is 0 Å². The van der Waals surface area contributed by atoms with Crippen LogP contribution in [0.3, 0.4) is 0 Å². The molecule has 1 heterocycles. The Bertz CT molecular complexity index is 1180. The lowest BCUT2D eigenvalue weighted by Crippen LogP contribution is -2.16. The molecule has 0 radical (unpaired) electrons. The molecule has 3 rings (SSSR count). The molecule has 156 valence electrons. The van der Waals surface area contributed by atoms with Crippen LogP contribution in [0.2, 0.25) is 0 Å². The number of carbonyl (C=O) groups excluding carboxylic acids is 2. The van der Waals surface area contributed by atoms with Crippen molar-refractivity contribution in [3.05, 3.63) is 58.4 Å². The average Bonchev–Trinajstić information content (AvgIpc) is 2.65. The van der Waals surface area contributed by atoms with Crippen LogP contribution in [0.1, 0.15) is 19.6 Å². The average molecular weight is 422 g/mol. The Morgan fingerprint density at radius 1 is 0.900 bits per heavy atom. The van der Waals surface area contributed by atoms with Gasteiger partial charge in [-0.25, -0.2) is 0 Å². The minimum absolute atomic E-state index is 0.0219. The Hall–Kier alpha value is -3.82. The maximum absolute atomic E-state index is 13.7. The molecule has 0 saturated heterocycles. The van der Waals surface area contributed by atoms with Gasteiger partial charge in [-0.3, -0.25) is 14.4 Å². The molecule has 30 heavy (non-hydrogen) atoms. The van der Waals surface area contributed by atoms with Gasteiger partial charge >= 0.3 is 18.1 Å². The lowest BCUT2D eigenvalue weighted by molar-refractivity contribution is -0.154. The van der Waals surface area contributed by atoms with E-state index in [0.29, 0.717) is 0 Å². The number of benzene rings is 2. The zero-order valence-electron chi connectivity index (χ0n) is 15.5. The van der Waals surface area contributed by atoms with Gasteiger partial charge in [0.05, 0.1) is 5.39 Å². The molecule has 2 aromatic carbocycles. The van der Waals surface area contributed by atoms with Crippen molar-refractivity contribution in [2.75, 3.05) is 0 Å². The fraction of sp³-hybridized carbons (Fsp3) is 0.150. The van der Waals surface area contributed by atoms with Crippen LogP contribution in [0.25, 0.3) is 11.0 Å². The molecule has 0 aliphatic heterocycles. The summed E-state index contributed by atoms with van der Waals surface area (Å²) in [6, 6.07) is 9.52. The Morgan fingerprint density at radius 3 is 2.10 bits per heavy atom. The van der Waals surface area contributed by atoms with E-state index >= 15 is 0 Å². The fourth-order valence-corrected chi connectivity index (χ4v) is 2.56. The number of hydrogen-bond acceptors (Lipinski definition) is 7. The summed E-state index contributed by atoms with van der Waals surface area (Å²) in [6.45, 7) is 2.02. The molecule has 0 aliphatic rings. The number of para-hydroxylation sites is 1. The van der Waals surface area contributed by atoms with Crippen molar-refractivity contribution in [3.8, 4) is 23.0 Å². The van der Waals surface area contributed by atoms with Crippen LogP contribution in [0, 0.1) is 0 Å². The van der Waals surface area contributed by atoms with Crippen molar-refractivity contribution in [1.82, 2.24) is 0 Å². The molecule has 0 amide bonds. The minimum Gasteiger partial charge on any atom is -0.449 e. The molecule has 0 fully saturated rings. The number of halogens is 3. The smallest absolute Gasteiger partial charge is 0.449 e. The molecular weight excluding hydrogens is 409 g/mol. The third-order valence-electron chi connectivity index (χ3n) is 3.66. The summed E-state index contributed by atoms with van der Waals surface area (Å²) in [5, 5.41) is -0.374. The van der Waals surface area contributed by atoms with Crippen LogP contribution in [-0.4, -0.2) is 11.9 Å². The van der Waals surface area contributed by atoms with Crippen molar-refractivity contribution >= 4 is 22.9 Å². The monoisotopic (exact) mass is 422 g/mol. The van der Waals surface area contributed by atoms with Crippen LogP contribution < -0.4 is 19.6 Å². The van der Waals surface area contributed by atoms with Crippen LogP contribution in [0.15, 0.2) is 51.7 Å². The highest BCUT2D eigenvalue weighted by molar-refractivity contribution is 5.90. The van der Waals surface area contributed by atoms with Crippen molar-refractivity contribution in [2.24, 2.45) is 0 Å². The molecule has 7 nitrogen and oxygen atoms in total. The lowest BCUT2D eigenvalue weighted by atomic mass is 10.1. The molecule has 0 saturated carbocycles. The topological polar surface area (TPSA) is 92.0 Å². The Morgan fingerprint density at radius 2 is 1.53 bits per heavy atom. The highest BCUT2D eigenvalue weighted by Crippen LogP contribution is 2.42. The highest BCUT2D eigenvalue weighted by Gasteiger charge is 2.41. The second kappa shape index (κ2) is 7.90. The Labute approximate surface area is 166 Å². The molecule has 3 aromatic rings. The summed E-state index contributed by atoms with van der Waals surface area (Å²) < 4.78 is 60.8. The van der Waals surface area contributed by atoms with Gasteiger partial charge in [-0.2, -0.15) is 13.2 Å². The molecule has 0 spiro atoms. The highest BCUT2D eigenvalue weighted by atomic mass is 19.4. The van der Waals surface area contributed by atoms with Gasteiger partial charge in [0.1, 0.15) is 5.75 Å². The largest absolute Gasteiger partial charge is 0.453 e. The summed E-state index contributed by atoms with van der Waals surface area (Å²) >= 11 is 0. The van der Waals surface area contributed by atoms with E-state index in [1.807, 2.05) is 0 Å². The van der Waals surface area contributed by atoms with Crippen LogP contribution in [0.5, 0.6) is 23.0 Å². The molecule has 0 aliphatic carbocycles. The Balaban J connectivity index is 2.34. The van der Waals surface area contributed by atoms with Gasteiger partial charge in [-0.05, 0) is 24.3 Å². The van der Waals surface area contributed by atoms with E-state index in [0.717, 1.165) is 26.0 Å². The predicted octanol–water partition coefficient (Wildman–Crippen LogP) is 4.45. The number of esters is 2. The van der Waals surface area contributed by atoms with E-state index in [1.165, 1.54) is 24.3 Å². The van der Waals surface area contributed by atoms with Crippen molar-refractivity contribution in [2.45, 2.75) is 20.0 Å². The molecule has 0 bridgehead atoms. The van der Waals surface area contributed by atoms with E-state index in [4.69, 9.17) is 18.6 Å². The zero-order chi connectivity index (χ0) is 22.1. The second-order valence-electron chi connectivity index (χ2n) is 5.96. The number of rotatable bonds is 4. The second-order valence-corrected chi connectivity index (χ2v) is 5.96. The first-order valence-corrected chi connectivity index (χ1v) is 8.38. The Kier molecular flexibility index (Phi) is 5.50. The summed E-state index contributed by atoms with van der Waals surface area (Å²) in [4.78, 5) is 35.6. The van der Waals surface area contributed by atoms with Gasteiger partial charge in [0.2, 0.25) is 16.9 Å². The molecular formula is C20H13F3O7. The molecule has 0 N–H and O–H groups in total. The van der Waals surface area contributed by atoms with E-state index in [2.05, 4.69) is 0 Å². The SMILES string of the molecule is CC(=O)Oc1ccc2c(=O)c(Oc3ccccc3)c(C(F)(F)F)oc2c1OC(C)=O.